The van der Waals surface area contributed by atoms with Gasteiger partial charge in [0.1, 0.15) is 5.82 Å². The van der Waals surface area contributed by atoms with E-state index in [1.807, 2.05) is 4.90 Å². The third-order valence-electron chi connectivity index (χ3n) is 4.44. The van der Waals surface area contributed by atoms with E-state index in [4.69, 9.17) is 0 Å². The van der Waals surface area contributed by atoms with Crippen LogP contribution in [-0.4, -0.2) is 36.0 Å². The zero-order chi connectivity index (χ0) is 15.3. The van der Waals surface area contributed by atoms with E-state index in [1.54, 1.807) is 12.1 Å². The average molecular weight is 292 g/mol. The molecule has 0 aliphatic carbocycles. The molecule has 2 rings (SSSR count). The van der Waals surface area contributed by atoms with E-state index in [9.17, 15) is 9.18 Å². The maximum Gasteiger partial charge on any atom is 0.253 e. The number of hydrogen-bond donors (Lipinski definition) is 1. The Hall–Kier alpha value is -1.42. The summed E-state index contributed by atoms with van der Waals surface area (Å²) in [6, 6.07) is 5.83. The summed E-state index contributed by atoms with van der Waals surface area (Å²) in [6.45, 7) is 6.64. The van der Waals surface area contributed by atoms with Gasteiger partial charge in [-0.15, -0.1) is 0 Å². The van der Waals surface area contributed by atoms with E-state index in [-0.39, 0.29) is 17.3 Å². The van der Waals surface area contributed by atoms with E-state index >= 15 is 0 Å². The number of carbonyl (C=O) groups excluding carboxylic acids is 1. The molecule has 1 fully saturated rings. The number of nitrogens with zero attached hydrogens (tertiary/aromatic N) is 1. The molecule has 1 aromatic carbocycles. The number of hydrogen-bond acceptors (Lipinski definition) is 2. The summed E-state index contributed by atoms with van der Waals surface area (Å²) in [7, 11) is 0. The highest BCUT2D eigenvalue weighted by molar-refractivity contribution is 5.94. The van der Waals surface area contributed by atoms with Crippen LogP contribution in [0.1, 0.15) is 49.9 Å². The molecule has 21 heavy (non-hydrogen) atoms. The van der Waals surface area contributed by atoms with Crippen LogP contribution in [0.5, 0.6) is 0 Å². The Morgan fingerprint density at radius 2 is 2.05 bits per heavy atom. The molecule has 1 amide bonds. The van der Waals surface area contributed by atoms with E-state index in [1.165, 1.54) is 18.6 Å². The van der Waals surface area contributed by atoms with Gasteiger partial charge in [-0.1, -0.05) is 26.7 Å². The molecule has 0 bridgehead atoms. The first kappa shape index (κ1) is 16.0. The standard InChI is InChI=1S/C17H25FN2O/c1-3-5-10-17(4-2)13-20(12-11-19-17)16(21)14-6-8-15(18)9-7-14/h6-9,19H,3-5,10-13H2,1-2H3. The molecule has 1 atom stereocenters. The predicted molar refractivity (Wildman–Crippen MR) is 82.9 cm³/mol. The van der Waals surface area contributed by atoms with Crippen LogP contribution >= 0.6 is 0 Å². The zero-order valence-electron chi connectivity index (χ0n) is 13.0. The fourth-order valence-electron chi connectivity index (χ4n) is 3.00. The molecule has 1 aliphatic heterocycles. The number of carbonyl (C=O) groups is 1. The zero-order valence-corrected chi connectivity index (χ0v) is 13.0. The molecule has 1 aromatic rings. The normalized spacial score (nSPS) is 22.3. The summed E-state index contributed by atoms with van der Waals surface area (Å²) in [4.78, 5) is 14.5. The molecule has 1 saturated heterocycles. The van der Waals surface area contributed by atoms with Crippen LogP contribution in [0.3, 0.4) is 0 Å². The summed E-state index contributed by atoms with van der Waals surface area (Å²) in [6.07, 6.45) is 4.43. The van der Waals surface area contributed by atoms with Gasteiger partial charge >= 0.3 is 0 Å². The van der Waals surface area contributed by atoms with Crippen LogP contribution in [-0.2, 0) is 0 Å². The van der Waals surface area contributed by atoms with Crippen LogP contribution in [0, 0.1) is 5.82 Å². The first-order chi connectivity index (χ1) is 10.1. The van der Waals surface area contributed by atoms with Crippen LogP contribution in [0.4, 0.5) is 4.39 Å². The topological polar surface area (TPSA) is 32.3 Å². The lowest BCUT2D eigenvalue weighted by Crippen LogP contribution is -2.61. The minimum absolute atomic E-state index is 0.00539. The lowest BCUT2D eigenvalue weighted by molar-refractivity contribution is 0.0596. The second kappa shape index (κ2) is 7.03. The van der Waals surface area contributed by atoms with Gasteiger partial charge in [0, 0.05) is 30.7 Å². The quantitative estimate of drug-likeness (QED) is 0.904. The first-order valence-electron chi connectivity index (χ1n) is 7.90. The van der Waals surface area contributed by atoms with Crippen molar-refractivity contribution in [3.05, 3.63) is 35.6 Å². The van der Waals surface area contributed by atoms with Gasteiger partial charge in [-0.2, -0.15) is 0 Å². The number of rotatable bonds is 5. The Morgan fingerprint density at radius 1 is 1.33 bits per heavy atom. The maximum atomic E-state index is 13.0. The SMILES string of the molecule is CCCCC1(CC)CN(C(=O)c2ccc(F)cc2)CCN1. The lowest BCUT2D eigenvalue weighted by atomic mass is 9.87. The van der Waals surface area contributed by atoms with Crippen molar-refractivity contribution < 1.29 is 9.18 Å². The van der Waals surface area contributed by atoms with Gasteiger partial charge in [0.2, 0.25) is 0 Å². The molecule has 1 aliphatic rings. The van der Waals surface area contributed by atoms with Crippen molar-refractivity contribution in [2.24, 2.45) is 0 Å². The lowest BCUT2D eigenvalue weighted by Gasteiger charge is -2.43. The summed E-state index contributed by atoms with van der Waals surface area (Å²) in [5.41, 5.74) is 0.600. The molecular weight excluding hydrogens is 267 g/mol. The van der Waals surface area contributed by atoms with Crippen molar-refractivity contribution >= 4 is 5.91 Å². The smallest absolute Gasteiger partial charge is 0.253 e. The van der Waals surface area contributed by atoms with Gasteiger partial charge in [0.25, 0.3) is 5.91 Å². The largest absolute Gasteiger partial charge is 0.336 e. The average Bonchev–Trinajstić information content (AvgIpc) is 2.53. The van der Waals surface area contributed by atoms with Crippen molar-refractivity contribution in [1.82, 2.24) is 10.2 Å². The molecule has 116 valence electrons. The Bertz CT molecular complexity index is 474. The molecule has 0 spiro atoms. The van der Waals surface area contributed by atoms with Crippen LogP contribution in [0.2, 0.25) is 0 Å². The number of piperazine rings is 1. The number of unbranched alkanes of at least 4 members (excludes halogenated alkanes) is 1. The highest BCUT2D eigenvalue weighted by Gasteiger charge is 2.34. The van der Waals surface area contributed by atoms with E-state index in [2.05, 4.69) is 19.2 Å². The van der Waals surface area contributed by atoms with Crippen molar-refractivity contribution in [3.8, 4) is 0 Å². The minimum Gasteiger partial charge on any atom is -0.336 e. The Kier molecular flexibility index (Phi) is 5.34. The van der Waals surface area contributed by atoms with Gasteiger partial charge < -0.3 is 10.2 Å². The number of amides is 1. The van der Waals surface area contributed by atoms with Gasteiger partial charge in [-0.25, -0.2) is 4.39 Å². The number of halogens is 1. The second-order valence-electron chi connectivity index (χ2n) is 5.90. The molecule has 0 aromatic heterocycles. The molecule has 3 nitrogen and oxygen atoms in total. The summed E-state index contributed by atoms with van der Waals surface area (Å²) in [5, 5.41) is 3.61. The van der Waals surface area contributed by atoms with Crippen LogP contribution in [0.25, 0.3) is 0 Å². The van der Waals surface area contributed by atoms with Crippen molar-refractivity contribution in [2.45, 2.75) is 45.1 Å². The van der Waals surface area contributed by atoms with Gasteiger partial charge in [-0.05, 0) is 37.1 Å². The maximum absolute atomic E-state index is 13.0. The van der Waals surface area contributed by atoms with Gasteiger partial charge in [0.05, 0.1) is 0 Å². The molecule has 4 heteroatoms. The third-order valence-corrected chi connectivity index (χ3v) is 4.44. The highest BCUT2D eigenvalue weighted by Crippen LogP contribution is 2.24. The second-order valence-corrected chi connectivity index (χ2v) is 5.90. The third kappa shape index (κ3) is 3.82. The van der Waals surface area contributed by atoms with Gasteiger partial charge in [-0.3, -0.25) is 4.79 Å². The van der Waals surface area contributed by atoms with Crippen molar-refractivity contribution in [3.63, 3.8) is 0 Å². The molecule has 1 N–H and O–H groups in total. The first-order valence-corrected chi connectivity index (χ1v) is 7.90. The summed E-state index contributed by atoms with van der Waals surface area (Å²) < 4.78 is 13.0. The summed E-state index contributed by atoms with van der Waals surface area (Å²) >= 11 is 0. The van der Waals surface area contributed by atoms with E-state index in [0.717, 1.165) is 32.4 Å². The molecular formula is C17H25FN2O. The minimum atomic E-state index is -0.308. The van der Waals surface area contributed by atoms with E-state index < -0.39 is 0 Å². The van der Waals surface area contributed by atoms with E-state index in [0.29, 0.717) is 12.1 Å². The predicted octanol–water partition coefficient (Wildman–Crippen LogP) is 3.21. The Morgan fingerprint density at radius 3 is 2.67 bits per heavy atom. The van der Waals surface area contributed by atoms with Crippen molar-refractivity contribution in [2.75, 3.05) is 19.6 Å². The van der Waals surface area contributed by atoms with Crippen LogP contribution < -0.4 is 5.32 Å². The monoisotopic (exact) mass is 292 g/mol. The highest BCUT2D eigenvalue weighted by atomic mass is 19.1. The van der Waals surface area contributed by atoms with Crippen molar-refractivity contribution in [1.29, 1.82) is 0 Å². The van der Waals surface area contributed by atoms with Gasteiger partial charge in [0.15, 0.2) is 0 Å². The summed E-state index contributed by atoms with van der Waals surface area (Å²) in [5.74, 6) is -0.302. The molecule has 0 saturated carbocycles. The number of benzene rings is 1. The van der Waals surface area contributed by atoms with Crippen LogP contribution in [0.15, 0.2) is 24.3 Å². The Balaban J connectivity index is 2.09. The molecule has 1 heterocycles. The number of nitrogens with one attached hydrogen (secondary N) is 1. The fourth-order valence-corrected chi connectivity index (χ4v) is 3.00. The molecule has 0 radical (unpaired) electrons. The fraction of sp³-hybridized carbons (Fsp3) is 0.588. The molecule has 1 unspecified atom stereocenters. The Labute approximate surface area is 126 Å².